The topological polar surface area (TPSA) is 28.2 Å². The summed E-state index contributed by atoms with van der Waals surface area (Å²) >= 11 is 0. The van der Waals surface area contributed by atoms with Crippen LogP contribution in [0.4, 0.5) is 4.39 Å². The molecular weight excluding hydrogens is 265 g/mol. The maximum absolute atomic E-state index is 13.0. The minimum absolute atomic E-state index is 0.210. The van der Waals surface area contributed by atoms with Gasteiger partial charge in [0.05, 0.1) is 17.9 Å². The number of pyridine rings is 1. The molecule has 0 bridgehead atoms. The molecule has 1 atom stereocenters. The van der Waals surface area contributed by atoms with E-state index >= 15 is 0 Å². The first-order valence-corrected chi connectivity index (χ1v) is 8.25. The second kappa shape index (κ2) is 8.44. The zero-order valence-corrected chi connectivity index (χ0v) is 13.3. The molecule has 0 spiro atoms. The molecule has 21 heavy (non-hydrogen) atoms. The lowest BCUT2D eigenvalue weighted by molar-refractivity contribution is 0.183. The third kappa shape index (κ3) is 5.04. The second-order valence-electron chi connectivity index (χ2n) is 6.07. The SMILES string of the molecule is CCNC(CCN(C)C1CCCCC1)c1ccc(F)cn1. The van der Waals surface area contributed by atoms with Crippen molar-refractivity contribution in [2.24, 2.45) is 0 Å². The Morgan fingerprint density at radius 3 is 2.71 bits per heavy atom. The fraction of sp³-hybridized carbons (Fsp3) is 0.706. The summed E-state index contributed by atoms with van der Waals surface area (Å²) < 4.78 is 13.0. The van der Waals surface area contributed by atoms with E-state index in [9.17, 15) is 4.39 Å². The Bertz CT molecular complexity index is 401. The monoisotopic (exact) mass is 293 g/mol. The van der Waals surface area contributed by atoms with Crippen molar-refractivity contribution in [2.75, 3.05) is 20.1 Å². The largest absolute Gasteiger partial charge is 0.309 e. The molecule has 4 heteroatoms. The molecule has 3 nitrogen and oxygen atoms in total. The summed E-state index contributed by atoms with van der Waals surface area (Å²) in [5.74, 6) is -0.270. The average Bonchev–Trinajstić information content (AvgIpc) is 2.53. The van der Waals surface area contributed by atoms with Crippen LogP contribution in [-0.2, 0) is 0 Å². The van der Waals surface area contributed by atoms with Gasteiger partial charge in [-0.3, -0.25) is 4.98 Å². The van der Waals surface area contributed by atoms with Crippen molar-refractivity contribution in [1.82, 2.24) is 15.2 Å². The molecule has 2 rings (SSSR count). The van der Waals surface area contributed by atoms with Gasteiger partial charge in [0.1, 0.15) is 5.82 Å². The number of halogens is 1. The van der Waals surface area contributed by atoms with Gasteiger partial charge < -0.3 is 10.2 Å². The van der Waals surface area contributed by atoms with Crippen LogP contribution in [0.25, 0.3) is 0 Å². The van der Waals surface area contributed by atoms with E-state index in [1.807, 2.05) is 0 Å². The normalized spacial score (nSPS) is 18.1. The van der Waals surface area contributed by atoms with E-state index in [1.165, 1.54) is 44.4 Å². The van der Waals surface area contributed by atoms with Crippen molar-refractivity contribution in [2.45, 2.75) is 57.5 Å². The molecule has 1 fully saturated rings. The van der Waals surface area contributed by atoms with E-state index < -0.39 is 0 Å². The van der Waals surface area contributed by atoms with Crippen LogP contribution >= 0.6 is 0 Å². The number of aromatic nitrogens is 1. The first-order valence-electron chi connectivity index (χ1n) is 8.25. The van der Waals surface area contributed by atoms with Crippen LogP contribution in [0.3, 0.4) is 0 Å². The Morgan fingerprint density at radius 2 is 2.10 bits per heavy atom. The van der Waals surface area contributed by atoms with Gasteiger partial charge in [-0.05, 0) is 51.5 Å². The fourth-order valence-electron chi connectivity index (χ4n) is 3.23. The lowest BCUT2D eigenvalue weighted by Crippen LogP contribution is -2.36. The summed E-state index contributed by atoms with van der Waals surface area (Å²) in [5.41, 5.74) is 0.940. The predicted octanol–water partition coefficient (Wildman–Crippen LogP) is 3.53. The average molecular weight is 293 g/mol. The third-order valence-corrected chi connectivity index (χ3v) is 4.53. The highest BCUT2D eigenvalue weighted by molar-refractivity contribution is 5.10. The summed E-state index contributed by atoms with van der Waals surface area (Å²) in [6.07, 6.45) is 9.11. The molecule has 1 aliphatic carbocycles. The van der Waals surface area contributed by atoms with E-state index in [1.54, 1.807) is 6.07 Å². The van der Waals surface area contributed by atoms with Crippen LogP contribution in [0.15, 0.2) is 18.3 Å². The van der Waals surface area contributed by atoms with Gasteiger partial charge in [0.15, 0.2) is 0 Å². The number of nitrogens with zero attached hydrogens (tertiary/aromatic N) is 2. The Labute approximate surface area is 127 Å². The van der Waals surface area contributed by atoms with Gasteiger partial charge in [-0.2, -0.15) is 0 Å². The zero-order valence-electron chi connectivity index (χ0n) is 13.3. The lowest BCUT2D eigenvalue weighted by atomic mass is 9.94. The van der Waals surface area contributed by atoms with Crippen LogP contribution in [0.1, 0.15) is 57.2 Å². The van der Waals surface area contributed by atoms with E-state index in [2.05, 4.69) is 29.2 Å². The Morgan fingerprint density at radius 1 is 1.33 bits per heavy atom. The molecule has 118 valence electrons. The van der Waals surface area contributed by atoms with Crippen LogP contribution in [0.5, 0.6) is 0 Å². The van der Waals surface area contributed by atoms with Crippen molar-refractivity contribution in [3.63, 3.8) is 0 Å². The zero-order chi connectivity index (χ0) is 15.1. The molecule has 1 unspecified atom stereocenters. The lowest BCUT2D eigenvalue weighted by Gasteiger charge is -2.32. The van der Waals surface area contributed by atoms with Gasteiger partial charge in [0.25, 0.3) is 0 Å². The molecule has 1 heterocycles. The van der Waals surface area contributed by atoms with E-state index in [0.29, 0.717) is 0 Å². The standard InChI is InChI=1S/C17H28FN3/c1-3-19-17(16-10-9-14(18)13-20-16)11-12-21(2)15-7-5-4-6-8-15/h9-10,13,15,17,19H,3-8,11-12H2,1-2H3. The maximum atomic E-state index is 13.0. The molecule has 1 aromatic heterocycles. The summed E-state index contributed by atoms with van der Waals surface area (Å²) in [6.45, 7) is 4.06. The van der Waals surface area contributed by atoms with Crippen molar-refractivity contribution < 1.29 is 4.39 Å². The maximum Gasteiger partial charge on any atom is 0.141 e. The minimum Gasteiger partial charge on any atom is -0.309 e. The Hall–Kier alpha value is -1.00. The number of hydrogen-bond acceptors (Lipinski definition) is 3. The van der Waals surface area contributed by atoms with Gasteiger partial charge in [-0.15, -0.1) is 0 Å². The molecule has 1 aromatic rings. The highest BCUT2D eigenvalue weighted by Gasteiger charge is 2.19. The van der Waals surface area contributed by atoms with Crippen molar-refractivity contribution in [3.05, 3.63) is 29.8 Å². The highest BCUT2D eigenvalue weighted by Crippen LogP contribution is 2.23. The third-order valence-electron chi connectivity index (χ3n) is 4.53. The van der Waals surface area contributed by atoms with Crippen LogP contribution < -0.4 is 5.32 Å². The van der Waals surface area contributed by atoms with Gasteiger partial charge >= 0.3 is 0 Å². The van der Waals surface area contributed by atoms with E-state index in [-0.39, 0.29) is 11.9 Å². The number of hydrogen-bond donors (Lipinski definition) is 1. The summed E-state index contributed by atoms with van der Waals surface area (Å²) in [6, 6.07) is 4.24. The van der Waals surface area contributed by atoms with Gasteiger partial charge in [-0.1, -0.05) is 26.2 Å². The molecule has 1 aliphatic rings. The smallest absolute Gasteiger partial charge is 0.141 e. The molecule has 0 aliphatic heterocycles. The molecular formula is C17H28FN3. The van der Waals surface area contributed by atoms with Crippen molar-refractivity contribution >= 4 is 0 Å². The Balaban J connectivity index is 1.88. The summed E-state index contributed by atoms with van der Waals surface area (Å²) in [5, 5.41) is 3.47. The van der Waals surface area contributed by atoms with Gasteiger partial charge in [0, 0.05) is 6.04 Å². The molecule has 0 radical (unpaired) electrons. The van der Waals surface area contributed by atoms with E-state index in [4.69, 9.17) is 0 Å². The molecule has 1 N–H and O–H groups in total. The Kier molecular flexibility index (Phi) is 6.58. The summed E-state index contributed by atoms with van der Waals surface area (Å²) in [7, 11) is 2.23. The molecule has 0 saturated heterocycles. The molecule has 0 aromatic carbocycles. The number of rotatable bonds is 7. The highest BCUT2D eigenvalue weighted by atomic mass is 19.1. The second-order valence-corrected chi connectivity index (χ2v) is 6.07. The summed E-state index contributed by atoms with van der Waals surface area (Å²) in [4.78, 5) is 6.72. The quantitative estimate of drug-likeness (QED) is 0.833. The van der Waals surface area contributed by atoms with E-state index in [0.717, 1.165) is 31.2 Å². The number of nitrogens with one attached hydrogen (secondary N) is 1. The first kappa shape index (κ1) is 16.4. The fourth-order valence-corrected chi connectivity index (χ4v) is 3.23. The predicted molar refractivity (Wildman–Crippen MR) is 84.7 cm³/mol. The van der Waals surface area contributed by atoms with Gasteiger partial charge in [0.2, 0.25) is 0 Å². The minimum atomic E-state index is -0.270. The first-order chi connectivity index (χ1) is 10.2. The van der Waals surface area contributed by atoms with Crippen LogP contribution in [-0.4, -0.2) is 36.1 Å². The van der Waals surface area contributed by atoms with Crippen molar-refractivity contribution in [3.8, 4) is 0 Å². The van der Waals surface area contributed by atoms with Crippen LogP contribution in [0, 0.1) is 5.82 Å². The molecule has 0 amide bonds. The van der Waals surface area contributed by atoms with Crippen molar-refractivity contribution in [1.29, 1.82) is 0 Å². The van der Waals surface area contributed by atoms with Crippen LogP contribution in [0.2, 0.25) is 0 Å². The van der Waals surface area contributed by atoms with Gasteiger partial charge in [-0.25, -0.2) is 4.39 Å². The molecule has 1 saturated carbocycles.